The molecular formula is C11H22N4O2S. The topological polar surface area (TPSA) is 78.1 Å². The molecule has 104 valence electrons. The highest BCUT2D eigenvalue weighted by molar-refractivity contribution is 7.89. The standard InChI is InChI=1S/C11H22N4O2S/c1-4-6-7-15(5-2)18(16,17)11-10(8-12-3)9-13-14-11/h9,12H,4-8H2,1-3H3,(H,13,14). The summed E-state index contributed by atoms with van der Waals surface area (Å²) in [4.78, 5) is 0. The van der Waals surface area contributed by atoms with E-state index in [0.29, 0.717) is 25.2 Å². The van der Waals surface area contributed by atoms with Crippen LogP contribution in [0.25, 0.3) is 0 Å². The molecule has 2 N–H and O–H groups in total. The van der Waals surface area contributed by atoms with E-state index in [4.69, 9.17) is 0 Å². The third-order valence-electron chi connectivity index (χ3n) is 2.76. The normalized spacial score (nSPS) is 12.2. The van der Waals surface area contributed by atoms with E-state index in [1.54, 1.807) is 13.2 Å². The Hall–Kier alpha value is -0.920. The van der Waals surface area contributed by atoms with Crippen LogP contribution in [0.2, 0.25) is 0 Å². The molecule has 1 aromatic rings. The first-order chi connectivity index (χ1) is 8.57. The van der Waals surface area contributed by atoms with Crippen molar-refractivity contribution in [2.45, 2.75) is 38.3 Å². The Morgan fingerprint density at radius 2 is 2.17 bits per heavy atom. The van der Waals surface area contributed by atoms with Gasteiger partial charge in [-0.15, -0.1) is 0 Å². The fraction of sp³-hybridized carbons (Fsp3) is 0.727. The molecule has 7 heteroatoms. The van der Waals surface area contributed by atoms with E-state index in [2.05, 4.69) is 15.5 Å². The van der Waals surface area contributed by atoms with Crippen molar-refractivity contribution in [3.8, 4) is 0 Å². The minimum atomic E-state index is -3.46. The zero-order chi connectivity index (χ0) is 13.6. The Labute approximate surface area is 109 Å². The Morgan fingerprint density at radius 1 is 1.44 bits per heavy atom. The average Bonchev–Trinajstić information content (AvgIpc) is 2.79. The van der Waals surface area contributed by atoms with Crippen LogP contribution in [-0.2, 0) is 16.6 Å². The van der Waals surface area contributed by atoms with Crippen LogP contribution in [-0.4, -0.2) is 43.1 Å². The molecule has 1 heterocycles. The number of hydrogen-bond acceptors (Lipinski definition) is 4. The van der Waals surface area contributed by atoms with Gasteiger partial charge in [0.2, 0.25) is 0 Å². The molecule has 1 aromatic heterocycles. The van der Waals surface area contributed by atoms with Gasteiger partial charge in [0, 0.05) is 25.2 Å². The van der Waals surface area contributed by atoms with Gasteiger partial charge in [-0.25, -0.2) is 8.42 Å². The van der Waals surface area contributed by atoms with Crippen molar-refractivity contribution in [1.29, 1.82) is 0 Å². The molecule has 0 aliphatic rings. The van der Waals surface area contributed by atoms with Crippen molar-refractivity contribution in [2.75, 3.05) is 20.1 Å². The van der Waals surface area contributed by atoms with E-state index in [-0.39, 0.29) is 5.03 Å². The summed E-state index contributed by atoms with van der Waals surface area (Å²) in [5.41, 5.74) is 0.674. The maximum atomic E-state index is 12.5. The first-order valence-corrected chi connectivity index (χ1v) is 7.68. The quantitative estimate of drug-likeness (QED) is 0.739. The van der Waals surface area contributed by atoms with Crippen LogP contribution in [0.3, 0.4) is 0 Å². The molecule has 1 rings (SSSR count). The predicted octanol–water partition coefficient (Wildman–Crippen LogP) is 0.940. The number of nitrogens with zero attached hydrogens (tertiary/aromatic N) is 2. The fourth-order valence-corrected chi connectivity index (χ4v) is 3.34. The van der Waals surface area contributed by atoms with E-state index < -0.39 is 10.0 Å². The van der Waals surface area contributed by atoms with E-state index in [0.717, 1.165) is 12.8 Å². The summed E-state index contributed by atoms with van der Waals surface area (Å²) >= 11 is 0. The van der Waals surface area contributed by atoms with Gasteiger partial charge in [-0.1, -0.05) is 20.3 Å². The molecule has 0 saturated carbocycles. The number of hydrogen-bond donors (Lipinski definition) is 2. The van der Waals surface area contributed by atoms with Crippen LogP contribution in [0.1, 0.15) is 32.3 Å². The molecule has 0 unspecified atom stereocenters. The maximum Gasteiger partial charge on any atom is 0.260 e. The number of nitrogens with one attached hydrogen (secondary N) is 2. The molecule has 0 fully saturated rings. The highest BCUT2D eigenvalue weighted by atomic mass is 32.2. The molecule has 0 atom stereocenters. The van der Waals surface area contributed by atoms with Crippen molar-refractivity contribution in [3.05, 3.63) is 11.8 Å². The van der Waals surface area contributed by atoms with Crippen LogP contribution >= 0.6 is 0 Å². The third-order valence-corrected chi connectivity index (χ3v) is 4.75. The van der Waals surface area contributed by atoms with E-state index >= 15 is 0 Å². The van der Waals surface area contributed by atoms with Gasteiger partial charge in [-0.3, -0.25) is 5.10 Å². The lowest BCUT2D eigenvalue weighted by Gasteiger charge is -2.19. The molecule has 0 radical (unpaired) electrons. The molecule has 6 nitrogen and oxygen atoms in total. The van der Waals surface area contributed by atoms with Crippen LogP contribution in [0, 0.1) is 0 Å². The fourth-order valence-electron chi connectivity index (χ4n) is 1.75. The van der Waals surface area contributed by atoms with Crippen LogP contribution in [0.4, 0.5) is 0 Å². The zero-order valence-corrected chi connectivity index (χ0v) is 12.0. The average molecular weight is 274 g/mol. The maximum absolute atomic E-state index is 12.5. The highest BCUT2D eigenvalue weighted by Gasteiger charge is 2.26. The predicted molar refractivity (Wildman–Crippen MR) is 70.7 cm³/mol. The Balaban J connectivity index is 2.99. The van der Waals surface area contributed by atoms with Gasteiger partial charge >= 0.3 is 0 Å². The minimum absolute atomic E-state index is 0.204. The number of H-pyrrole nitrogens is 1. The highest BCUT2D eigenvalue weighted by Crippen LogP contribution is 2.17. The Morgan fingerprint density at radius 3 is 2.72 bits per heavy atom. The lowest BCUT2D eigenvalue weighted by Crippen LogP contribution is -2.33. The van der Waals surface area contributed by atoms with Gasteiger partial charge < -0.3 is 5.32 Å². The Kier molecular flexibility index (Phi) is 5.77. The molecule has 0 aliphatic carbocycles. The van der Waals surface area contributed by atoms with Crippen LogP contribution in [0.15, 0.2) is 11.2 Å². The number of sulfonamides is 1. The van der Waals surface area contributed by atoms with Crippen molar-refractivity contribution in [3.63, 3.8) is 0 Å². The molecule has 0 aromatic carbocycles. The van der Waals surface area contributed by atoms with E-state index in [1.807, 2.05) is 13.8 Å². The molecular weight excluding hydrogens is 252 g/mol. The molecule has 18 heavy (non-hydrogen) atoms. The summed E-state index contributed by atoms with van der Waals surface area (Å²) in [6.07, 6.45) is 3.39. The second-order valence-electron chi connectivity index (χ2n) is 4.10. The van der Waals surface area contributed by atoms with Crippen molar-refractivity contribution in [1.82, 2.24) is 19.8 Å². The second kappa shape index (κ2) is 6.86. The van der Waals surface area contributed by atoms with Gasteiger partial charge in [0.25, 0.3) is 10.0 Å². The smallest absolute Gasteiger partial charge is 0.260 e. The summed E-state index contributed by atoms with van der Waals surface area (Å²) in [5.74, 6) is 0. The number of rotatable bonds is 8. The first-order valence-electron chi connectivity index (χ1n) is 6.24. The summed E-state index contributed by atoms with van der Waals surface area (Å²) < 4.78 is 26.4. The van der Waals surface area contributed by atoms with Crippen LogP contribution < -0.4 is 5.32 Å². The van der Waals surface area contributed by atoms with E-state index in [1.165, 1.54) is 4.31 Å². The third kappa shape index (κ3) is 3.30. The summed E-state index contributed by atoms with van der Waals surface area (Å²) in [7, 11) is -1.68. The molecule has 0 bridgehead atoms. The molecule has 0 aliphatic heterocycles. The minimum Gasteiger partial charge on any atom is -0.316 e. The van der Waals surface area contributed by atoms with Gasteiger partial charge in [0.05, 0.1) is 6.20 Å². The van der Waals surface area contributed by atoms with Gasteiger partial charge in [0.1, 0.15) is 0 Å². The number of aromatic nitrogens is 2. The van der Waals surface area contributed by atoms with Crippen molar-refractivity contribution < 1.29 is 8.42 Å². The second-order valence-corrected chi connectivity index (χ2v) is 5.98. The monoisotopic (exact) mass is 274 g/mol. The summed E-state index contributed by atoms with van der Waals surface area (Å²) in [5, 5.41) is 9.58. The zero-order valence-electron chi connectivity index (χ0n) is 11.2. The molecule has 0 saturated heterocycles. The number of aromatic amines is 1. The van der Waals surface area contributed by atoms with Crippen molar-refractivity contribution >= 4 is 10.0 Å². The number of unbranched alkanes of at least 4 members (excludes halogenated alkanes) is 1. The Bertz CT molecular complexity index is 455. The molecule has 0 amide bonds. The summed E-state index contributed by atoms with van der Waals surface area (Å²) in [6.45, 7) is 5.40. The lowest BCUT2D eigenvalue weighted by molar-refractivity contribution is 0.416. The van der Waals surface area contributed by atoms with Gasteiger partial charge in [-0.05, 0) is 13.5 Å². The lowest BCUT2D eigenvalue weighted by atomic mass is 10.3. The SMILES string of the molecule is CCCCN(CC)S(=O)(=O)c1[nH]ncc1CNC. The van der Waals surface area contributed by atoms with Gasteiger partial charge in [-0.2, -0.15) is 9.40 Å². The summed E-state index contributed by atoms with van der Waals surface area (Å²) in [6, 6.07) is 0. The van der Waals surface area contributed by atoms with Crippen LogP contribution in [0.5, 0.6) is 0 Å². The van der Waals surface area contributed by atoms with Gasteiger partial charge in [0.15, 0.2) is 5.03 Å². The van der Waals surface area contributed by atoms with E-state index in [9.17, 15) is 8.42 Å². The van der Waals surface area contributed by atoms with Crippen molar-refractivity contribution in [2.24, 2.45) is 0 Å². The molecule has 0 spiro atoms. The largest absolute Gasteiger partial charge is 0.316 e. The first kappa shape index (κ1) is 15.1.